The number of hydrogen-bond acceptors (Lipinski definition) is 6. The average Bonchev–Trinajstić information content (AvgIpc) is 3.03. The van der Waals surface area contributed by atoms with Gasteiger partial charge in [0.1, 0.15) is 5.01 Å². The molecule has 0 bridgehead atoms. The molecule has 1 amide bonds. The number of hydrogen-bond donors (Lipinski definition) is 1. The largest absolute Gasteiger partial charge is 0.418 e. The number of carbonyl (C=O) groups excluding carboxylic acids is 1. The van der Waals surface area contributed by atoms with Crippen LogP contribution in [0.1, 0.15) is 23.2 Å². The van der Waals surface area contributed by atoms with Crippen LogP contribution in [-0.4, -0.2) is 38.5 Å². The molecule has 154 valence electrons. The summed E-state index contributed by atoms with van der Waals surface area (Å²) in [5.41, 5.74) is -0.893. The van der Waals surface area contributed by atoms with Crippen LogP contribution in [0.3, 0.4) is 0 Å². The maximum Gasteiger partial charge on any atom is 0.418 e. The molecule has 0 fully saturated rings. The van der Waals surface area contributed by atoms with Gasteiger partial charge in [-0.15, -0.1) is 0 Å². The third kappa shape index (κ3) is 4.98. The quantitative estimate of drug-likeness (QED) is 0.657. The molecule has 1 aromatic carbocycles. The van der Waals surface area contributed by atoms with E-state index in [9.17, 15) is 22.8 Å². The van der Waals surface area contributed by atoms with Crippen molar-refractivity contribution >= 4 is 27.9 Å². The minimum atomic E-state index is -4.56. The molecule has 0 aliphatic rings. The van der Waals surface area contributed by atoms with Crippen molar-refractivity contribution in [2.24, 2.45) is 0 Å². The number of nitrogens with one attached hydrogen (secondary N) is 1. The van der Waals surface area contributed by atoms with Crippen molar-refractivity contribution in [2.45, 2.75) is 26.6 Å². The van der Waals surface area contributed by atoms with Crippen molar-refractivity contribution in [3.05, 3.63) is 57.0 Å². The molecule has 29 heavy (non-hydrogen) atoms. The zero-order valence-electron chi connectivity index (χ0n) is 15.7. The van der Waals surface area contributed by atoms with E-state index in [0.29, 0.717) is 22.2 Å². The molecule has 3 rings (SSSR count). The van der Waals surface area contributed by atoms with Crippen LogP contribution in [0.25, 0.3) is 4.96 Å². The predicted molar refractivity (Wildman–Crippen MR) is 103 cm³/mol. The first-order valence-corrected chi connectivity index (χ1v) is 9.54. The SMILES string of the molecule is CCN(CC(=O)Nc1ccccc1C(F)(F)F)Cc1nn2c(=O)cc(C)nc2s1. The lowest BCUT2D eigenvalue weighted by Gasteiger charge is -2.19. The molecule has 1 N–H and O–H groups in total. The Balaban J connectivity index is 1.71. The van der Waals surface area contributed by atoms with E-state index in [1.807, 2.05) is 6.92 Å². The molecule has 0 spiro atoms. The number of rotatable bonds is 6. The van der Waals surface area contributed by atoms with Gasteiger partial charge < -0.3 is 5.32 Å². The Morgan fingerprint density at radius 3 is 2.72 bits per heavy atom. The van der Waals surface area contributed by atoms with Crippen molar-refractivity contribution in [2.75, 3.05) is 18.4 Å². The summed E-state index contributed by atoms with van der Waals surface area (Å²) >= 11 is 1.22. The minimum Gasteiger partial charge on any atom is -0.324 e. The molecule has 0 aliphatic carbocycles. The van der Waals surface area contributed by atoms with E-state index in [4.69, 9.17) is 0 Å². The second-order valence-electron chi connectivity index (χ2n) is 6.32. The number of para-hydroxylation sites is 1. The number of aromatic nitrogens is 3. The van der Waals surface area contributed by atoms with Crippen molar-refractivity contribution in [3.63, 3.8) is 0 Å². The second kappa shape index (κ2) is 8.29. The van der Waals surface area contributed by atoms with E-state index in [2.05, 4.69) is 15.4 Å². The lowest BCUT2D eigenvalue weighted by Crippen LogP contribution is -2.33. The van der Waals surface area contributed by atoms with Gasteiger partial charge in [0.2, 0.25) is 10.9 Å². The van der Waals surface area contributed by atoms with Gasteiger partial charge in [-0.3, -0.25) is 14.5 Å². The molecular weight excluding hydrogens is 407 g/mol. The number of alkyl halides is 3. The Labute approximate surface area is 167 Å². The van der Waals surface area contributed by atoms with E-state index < -0.39 is 17.6 Å². The van der Waals surface area contributed by atoms with E-state index in [-0.39, 0.29) is 24.3 Å². The van der Waals surface area contributed by atoms with Crippen LogP contribution in [0, 0.1) is 6.92 Å². The smallest absolute Gasteiger partial charge is 0.324 e. The third-order valence-electron chi connectivity index (χ3n) is 4.09. The van der Waals surface area contributed by atoms with E-state index in [0.717, 1.165) is 6.07 Å². The Hall–Kier alpha value is -2.79. The van der Waals surface area contributed by atoms with Crippen molar-refractivity contribution in [1.29, 1.82) is 0 Å². The molecule has 7 nitrogen and oxygen atoms in total. The molecule has 2 heterocycles. The van der Waals surface area contributed by atoms with Gasteiger partial charge in [0.25, 0.3) is 5.56 Å². The maximum atomic E-state index is 13.1. The number of benzene rings is 1. The standard InChI is InChI=1S/C18H18F3N5O2S/c1-3-25(10-15-24-26-16(28)8-11(2)22-17(26)29-15)9-14(27)23-13-7-5-4-6-12(13)18(19,20)21/h4-8H,3,9-10H2,1-2H3,(H,23,27). The normalized spacial score (nSPS) is 11.9. The summed E-state index contributed by atoms with van der Waals surface area (Å²) < 4.78 is 40.4. The third-order valence-corrected chi connectivity index (χ3v) is 4.99. The van der Waals surface area contributed by atoms with Crippen LogP contribution in [0.15, 0.2) is 35.1 Å². The first-order valence-electron chi connectivity index (χ1n) is 8.72. The Bertz CT molecular complexity index is 1090. The minimum absolute atomic E-state index is 0.125. The first-order chi connectivity index (χ1) is 13.7. The van der Waals surface area contributed by atoms with Crippen LogP contribution >= 0.6 is 11.3 Å². The summed E-state index contributed by atoms with van der Waals surface area (Å²) in [5.74, 6) is -0.573. The number of fused-ring (bicyclic) bond motifs is 1. The van der Waals surface area contributed by atoms with Gasteiger partial charge in [0, 0.05) is 11.8 Å². The van der Waals surface area contributed by atoms with Gasteiger partial charge in [-0.1, -0.05) is 30.4 Å². The van der Waals surface area contributed by atoms with Gasteiger partial charge in [-0.05, 0) is 25.6 Å². The molecule has 3 aromatic rings. The fourth-order valence-corrected chi connectivity index (χ4v) is 3.71. The van der Waals surface area contributed by atoms with Crippen LogP contribution in [0.4, 0.5) is 18.9 Å². The highest BCUT2D eigenvalue weighted by atomic mass is 32.1. The number of amides is 1. The van der Waals surface area contributed by atoms with Crippen molar-refractivity contribution in [1.82, 2.24) is 19.5 Å². The monoisotopic (exact) mass is 425 g/mol. The number of carbonyl (C=O) groups is 1. The summed E-state index contributed by atoms with van der Waals surface area (Å²) in [6.45, 7) is 4.13. The van der Waals surface area contributed by atoms with Crippen LogP contribution in [0.2, 0.25) is 0 Å². The molecule has 0 atom stereocenters. The molecule has 0 saturated heterocycles. The van der Waals surface area contributed by atoms with Crippen LogP contribution < -0.4 is 10.9 Å². The summed E-state index contributed by atoms with van der Waals surface area (Å²) in [5, 5.41) is 7.12. The van der Waals surface area contributed by atoms with Gasteiger partial charge in [-0.2, -0.15) is 22.8 Å². The molecule has 0 unspecified atom stereocenters. The van der Waals surface area contributed by atoms with Gasteiger partial charge in [-0.25, -0.2) is 4.98 Å². The Morgan fingerprint density at radius 1 is 1.31 bits per heavy atom. The number of nitrogens with zero attached hydrogens (tertiary/aromatic N) is 4. The Kier molecular flexibility index (Phi) is 5.99. The summed E-state index contributed by atoms with van der Waals surface area (Å²) in [7, 11) is 0. The van der Waals surface area contributed by atoms with Gasteiger partial charge in [0.05, 0.1) is 24.3 Å². The van der Waals surface area contributed by atoms with E-state index in [1.54, 1.807) is 11.8 Å². The second-order valence-corrected chi connectivity index (χ2v) is 7.36. The highest BCUT2D eigenvalue weighted by Gasteiger charge is 2.33. The number of likely N-dealkylation sites (N-methyl/N-ethyl adjacent to an activating group) is 1. The van der Waals surface area contributed by atoms with Crippen LogP contribution in [-0.2, 0) is 17.5 Å². The number of anilines is 1. The molecule has 0 saturated carbocycles. The lowest BCUT2D eigenvalue weighted by molar-refractivity contribution is -0.137. The summed E-state index contributed by atoms with van der Waals surface area (Å²) in [6, 6.07) is 6.20. The highest BCUT2D eigenvalue weighted by molar-refractivity contribution is 7.16. The summed E-state index contributed by atoms with van der Waals surface area (Å²) in [6.07, 6.45) is -4.56. The van der Waals surface area contributed by atoms with E-state index in [1.165, 1.54) is 40.1 Å². The maximum absolute atomic E-state index is 13.1. The first kappa shape index (κ1) is 20.9. The molecule has 0 radical (unpaired) electrons. The highest BCUT2D eigenvalue weighted by Crippen LogP contribution is 2.34. The summed E-state index contributed by atoms with van der Waals surface area (Å²) in [4.78, 5) is 30.7. The topological polar surface area (TPSA) is 79.6 Å². The number of halogens is 3. The zero-order valence-corrected chi connectivity index (χ0v) is 16.5. The molecule has 11 heteroatoms. The zero-order chi connectivity index (χ0) is 21.2. The van der Waals surface area contributed by atoms with E-state index >= 15 is 0 Å². The van der Waals surface area contributed by atoms with Crippen molar-refractivity contribution < 1.29 is 18.0 Å². The fourth-order valence-electron chi connectivity index (χ4n) is 2.73. The molecule has 2 aromatic heterocycles. The number of aryl methyl sites for hydroxylation is 1. The van der Waals surface area contributed by atoms with Crippen molar-refractivity contribution in [3.8, 4) is 0 Å². The molecular formula is C18H18F3N5O2S. The van der Waals surface area contributed by atoms with Crippen LogP contribution in [0.5, 0.6) is 0 Å². The lowest BCUT2D eigenvalue weighted by atomic mass is 10.1. The predicted octanol–water partition coefficient (Wildman–Crippen LogP) is 2.94. The van der Waals surface area contributed by atoms with Gasteiger partial charge in [0.15, 0.2) is 0 Å². The fraction of sp³-hybridized carbons (Fsp3) is 0.333. The Morgan fingerprint density at radius 2 is 2.03 bits per heavy atom. The van der Waals surface area contributed by atoms with Gasteiger partial charge >= 0.3 is 6.18 Å². The molecule has 0 aliphatic heterocycles. The average molecular weight is 425 g/mol.